The third-order valence-electron chi connectivity index (χ3n) is 0.575. The topological polar surface area (TPSA) is 51.6 Å². The monoisotopic (exact) mass is 116 g/mol. The van der Waals surface area contributed by atoms with Gasteiger partial charge in [0.1, 0.15) is 0 Å². The Morgan fingerprint density at radius 2 is 1.71 bits per heavy atom. The van der Waals surface area contributed by atoms with Gasteiger partial charge in [-0.3, -0.25) is 0 Å². The second-order valence-electron chi connectivity index (χ2n) is 1.22. The Morgan fingerprint density at radius 3 is 1.71 bits per heavy atom. The summed E-state index contributed by atoms with van der Waals surface area (Å²) in [4.78, 5) is 0. The maximum Gasteiger partial charge on any atom is 3.00 e. The molecule has 0 heterocycles. The third-order valence-corrected chi connectivity index (χ3v) is 0.575. The van der Waals surface area contributed by atoms with Crippen LogP contribution < -0.4 is 5.11 Å². The second-order valence-corrected chi connectivity index (χ2v) is 1.22. The summed E-state index contributed by atoms with van der Waals surface area (Å²) >= 11 is 0. The van der Waals surface area contributed by atoms with Gasteiger partial charge in [0.2, 0.25) is 0 Å². The maximum atomic E-state index is 9.90. The van der Waals surface area contributed by atoms with Crippen molar-refractivity contribution in [3.05, 3.63) is 0 Å². The van der Waals surface area contributed by atoms with Gasteiger partial charge in [0, 0.05) is 0 Å². The third kappa shape index (κ3) is 21.3. The molecule has 1 atom stereocenters. The van der Waals surface area contributed by atoms with E-state index in [0.29, 0.717) is 0 Å². The van der Waals surface area contributed by atoms with Crippen LogP contribution in [0.25, 0.3) is 0 Å². The van der Waals surface area contributed by atoms with Crippen molar-refractivity contribution < 1.29 is 10.6 Å². The van der Waals surface area contributed by atoms with E-state index in [1.54, 1.807) is 6.92 Å². The minimum absolute atomic E-state index is 0. The van der Waals surface area contributed by atoms with Crippen molar-refractivity contribution in [2.75, 3.05) is 0 Å². The predicted molar refractivity (Wildman–Crippen MR) is 26.2 cm³/mol. The van der Waals surface area contributed by atoms with E-state index >= 15 is 0 Å². The summed E-state index contributed by atoms with van der Waals surface area (Å²) in [6, 6.07) is 0. The first kappa shape index (κ1) is 15.7. The van der Waals surface area contributed by atoms with Crippen molar-refractivity contribution in [3.63, 3.8) is 0 Å². The van der Waals surface area contributed by atoms with Crippen LogP contribution in [0.4, 0.5) is 0 Å². The largest absolute Gasteiger partial charge is 3.00 e. The Hall–Kier alpha value is 0.452. The molecule has 0 amide bonds. The molecular weight excluding hydrogens is 107 g/mol. The van der Waals surface area contributed by atoms with Crippen molar-refractivity contribution >= 4 is 17.4 Å². The standard InChI is InChI=1S/C4H9O.Al.O/c1-3-4(2)5;;/h4H,3H2,1-2H3;;/q-1;+3;-2. The van der Waals surface area contributed by atoms with Crippen molar-refractivity contribution in [3.8, 4) is 0 Å². The van der Waals surface area contributed by atoms with Gasteiger partial charge in [-0.15, -0.1) is 6.10 Å². The van der Waals surface area contributed by atoms with Crippen molar-refractivity contribution in [1.82, 2.24) is 0 Å². The Morgan fingerprint density at radius 1 is 1.57 bits per heavy atom. The minimum Gasteiger partial charge on any atom is -2.00 e. The van der Waals surface area contributed by atoms with Crippen molar-refractivity contribution in [2.24, 2.45) is 0 Å². The second kappa shape index (κ2) is 9.68. The van der Waals surface area contributed by atoms with E-state index in [4.69, 9.17) is 0 Å². The molecule has 40 valence electrons. The Kier molecular flexibility index (Phi) is 21.6. The molecule has 0 fully saturated rings. The summed E-state index contributed by atoms with van der Waals surface area (Å²) in [6.45, 7) is 3.55. The first-order valence-corrected chi connectivity index (χ1v) is 1.93. The van der Waals surface area contributed by atoms with Gasteiger partial charge in [-0.1, -0.05) is 20.3 Å². The summed E-state index contributed by atoms with van der Waals surface area (Å²) in [6.07, 6.45) is 0.384. The minimum atomic E-state index is -0.366. The van der Waals surface area contributed by atoms with Crippen LogP contribution in [-0.2, 0) is 5.48 Å². The van der Waals surface area contributed by atoms with Crippen molar-refractivity contribution in [1.29, 1.82) is 0 Å². The molecule has 0 aromatic rings. The van der Waals surface area contributed by atoms with Crippen LogP contribution in [0.2, 0.25) is 0 Å². The van der Waals surface area contributed by atoms with Gasteiger partial charge in [-0.05, 0) is 0 Å². The Bertz CT molecular complexity index is 23.7. The fourth-order valence-electron chi connectivity index (χ4n) is 0. The van der Waals surface area contributed by atoms with Gasteiger partial charge >= 0.3 is 17.4 Å². The zero-order valence-corrected chi connectivity index (χ0v) is 5.83. The van der Waals surface area contributed by atoms with E-state index in [1.165, 1.54) is 0 Å². The number of hydrogen-bond acceptors (Lipinski definition) is 1. The molecule has 7 heavy (non-hydrogen) atoms. The molecule has 1 unspecified atom stereocenters. The van der Waals surface area contributed by atoms with Gasteiger partial charge in [0.15, 0.2) is 0 Å². The molecule has 0 radical (unpaired) electrons. The molecule has 0 aromatic heterocycles. The van der Waals surface area contributed by atoms with Gasteiger partial charge in [-0.2, -0.15) is 0 Å². The van der Waals surface area contributed by atoms with E-state index in [2.05, 4.69) is 0 Å². The molecule has 0 saturated carbocycles. The maximum absolute atomic E-state index is 9.90. The molecule has 0 aliphatic rings. The van der Waals surface area contributed by atoms with E-state index in [0.717, 1.165) is 6.42 Å². The first-order valence-electron chi connectivity index (χ1n) is 1.93. The summed E-state index contributed by atoms with van der Waals surface area (Å²) in [5, 5.41) is 9.90. The van der Waals surface area contributed by atoms with Crippen molar-refractivity contribution in [2.45, 2.75) is 26.4 Å². The summed E-state index contributed by atoms with van der Waals surface area (Å²) in [7, 11) is 0. The summed E-state index contributed by atoms with van der Waals surface area (Å²) in [5.41, 5.74) is 0. The molecule has 0 spiro atoms. The van der Waals surface area contributed by atoms with Crippen LogP contribution in [0.5, 0.6) is 0 Å². The summed E-state index contributed by atoms with van der Waals surface area (Å²) < 4.78 is 0. The van der Waals surface area contributed by atoms with Crippen LogP contribution in [0, 0.1) is 0 Å². The fourth-order valence-corrected chi connectivity index (χ4v) is 0. The number of rotatable bonds is 1. The zero-order valence-electron chi connectivity index (χ0n) is 4.68. The van der Waals surface area contributed by atoms with Crippen LogP contribution in [-0.4, -0.2) is 23.5 Å². The van der Waals surface area contributed by atoms with Gasteiger partial charge in [0.05, 0.1) is 0 Å². The molecule has 0 bridgehead atoms. The van der Waals surface area contributed by atoms with E-state index < -0.39 is 0 Å². The smallest absolute Gasteiger partial charge is 2.00 e. The molecule has 0 aromatic carbocycles. The fraction of sp³-hybridized carbons (Fsp3) is 1.00. The van der Waals surface area contributed by atoms with Crippen LogP contribution >= 0.6 is 0 Å². The number of hydrogen-bond donors (Lipinski definition) is 0. The van der Waals surface area contributed by atoms with Gasteiger partial charge in [-0.25, -0.2) is 0 Å². The molecule has 3 heteroatoms. The van der Waals surface area contributed by atoms with Gasteiger partial charge in [0.25, 0.3) is 0 Å². The first-order chi connectivity index (χ1) is 2.27. The Balaban J connectivity index is -0.0000000800. The average molecular weight is 116 g/mol. The normalized spacial score (nSPS) is 10.7. The SMILES string of the molecule is CCC(C)[O-].[Al+3].[O-2]. The molecule has 0 rings (SSSR count). The molecule has 0 N–H and O–H groups in total. The molecular formula is C4H9AlO2. The molecule has 0 aliphatic heterocycles. The average Bonchev–Trinajstić information content (AvgIpc) is 1.38. The Labute approximate surface area is 55.0 Å². The molecule has 2 nitrogen and oxygen atoms in total. The predicted octanol–water partition coefficient (Wildman–Crippen LogP) is -0.354. The van der Waals surface area contributed by atoms with Crippen LogP contribution in [0.3, 0.4) is 0 Å². The van der Waals surface area contributed by atoms with Crippen LogP contribution in [0.15, 0.2) is 0 Å². The van der Waals surface area contributed by atoms with E-state index in [-0.39, 0.29) is 28.9 Å². The summed E-state index contributed by atoms with van der Waals surface area (Å²) in [5.74, 6) is 0. The van der Waals surface area contributed by atoms with Crippen LogP contribution in [0.1, 0.15) is 20.3 Å². The zero-order chi connectivity index (χ0) is 4.28. The quantitative estimate of drug-likeness (QED) is 0.432. The molecule has 0 saturated heterocycles. The molecule has 0 aliphatic carbocycles. The van der Waals surface area contributed by atoms with Gasteiger partial charge < -0.3 is 10.6 Å². The van der Waals surface area contributed by atoms with E-state index in [9.17, 15) is 5.11 Å². The van der Waals surface area contributed by atoms with E-state index in [1.807, 2.05) is 6.92 Å².